The van der Waals surface area contributed by atoms with E-state index >= 15 is 0 Å². The Balaban J connectivity index is 1.82. The number of rotatable bonds is 4. The van der Waals surface area contributed by atoms with Crippen molar-refractivity contribution < 1.29 is 5.11 Å². The number of nitrogens with zero attached hydrogens (tertiary/aromatic N) is 2. The van der Waals surface area contributed by atoms with E-state index in [-0.39, 0.29) is 12.2 Å². The van der Waals surface area contributed by atoms with Gasteiger partial charge < -0.3 is 20.0 Å². The van der Waals surface area contributed by atoms with Crippen LogP contribution in [0.25, 0.3) is 33.3 Å². The maximum absolute atomic E-state index is 12.4. The van der Waals surface area contributed by atoms with Crippen LogP contribution in [0.15, 0.2) is 53.3 Å². The first-order valence-electron chi connectivity index (χ1n) is 8.10. The Morgan fingerprint density at radius 3 is 2.76 bits per heavy atom. The van der Waals surface area contributed by atoms with E-state index in [0.29, 0.717) is 17.9 Å². The zero-order valence-electron chi connectivity index (χ0n) is 13.8. The highest BCUT2D eigenvalue weighted by atomic mass is 16.3. The standard InChI is InChI=1S/C19H18N4O2/c1-23(8-9-24)13-6-7-14-12(10-13)11-17(20-14)18-19(25)22-16-5-3-2-4-15(16)21-18/h2-7,10-11,20,24H,8-9H2,1H3,(H,22,25). The third-order valence-electron chi connectivity index (χ3n) is 4.34. The van der Waals surface area contributed by atoms with E-state index in [1.807, 2.05) is 60.5 Å². The third kappa shape index (κ3) is 2.77. The van der Waals surface area contributed by atoms with Gasteiger partial charge in [0.15, 0.2) is 5.69 Å². The largest absolute Gasteiger partial charge is 0.395 e. The quantitative estimate of drug-likeness (QED) is 0.535. The van der Waals surface area contributed by atoms with Gasteiger partial charge in [0.1, 0.15) is 0 Å². The highest BCUT2D eigenvalue weighted by Gasteiger charge is 2.11. The van der Waals surface area contributed by atoms with E-state index in [2.05, 4.69) is 15.0 Å². The van der Waals surface area contributed by atoms with Crippen LogP contribution in [0.2, 0.25) is 0 Å². The molecule has 0 fully saturated rings. The molecule has 0 aliphatic heterocycles. The Kier molecular flexibility index (Phi) is 3.74. The van der Waals surface area contributed by atoms with Crippen LogP contribution >= 0.6 is 0 Å². The van der Waals surface area contributed by atoms with Crippen molar-refractivity contribution in [3.63, 3.8) is 0 Å². The van der Waals surface area contributed by atoms with E-state index in [9.17, 15) is 4.79 Å². The molecule has 0 unspecified atom stereocenters. The summed E-state index contributed by atoms with van der Waals surface area (Å²) in [6, 6.07) is 15.4. The summed E-state index contributed by atoms with van der Waals surface area (Å²) >= 11 is 0. The van der Waals surface area contributed by atoms with Crippen molar-refractivity contribution in [1.29, 1.82) is 0 Å². The topological polar surface area (TPSA) is 85.0 Å². The van der Waals surface area contributed by atoms with E-state index < -0.39 is 0 Å². The summed E-state index contributed by atoms with van der Waals surface area (Å²) in [5.74, 6) is 0. The van der Waals surface area contributed by atoms with Crippen LogP contribution in [0.3, 0.4) is 0 Å². The number of aliphatic hydroxyl groups excluding tert-OH is 1. The predicted octanol–water partition coefficient (Wildman–Crippen LogP) is 2.50. The van der Waals surface area contributed by atoms with Crippen LogP contribution in [0.5, 0.6) is 0 Å². The highest BCUT2D eigenvalue weighted by Crippen LogP contribution is 2.25. The molecule has 0 amide bonds. The molecule has 0 bridgehead atoms. The fourth-order valence-corrected chi connectivity index (χ4v) is 2.98. The van der Waals surface area contributed by atoms with Crippen molar-refractivity contribution >= 4 is 27.6 Å². The van der Waals surface area contributed by atoms with Crippen LogP contribution in [-0.2, 0) is 0 Å². The number of para-hydroxylation sites is 2. The minimum atomic E-state index is -0.220. The molecule has 6 nitrogen and oxygen atoms in total. The molecule has 6 heteroatoms. The summed E-state index contributed by atoms with van der Waals surface area (Å²) in [7, 11) is 1.93. The lowest BCUT2D eigenvalue weighted by atomic mass is 10.2. The van der Waals surface area contributed by atoms with Crippen molar-refractivity contribution in [2.75, 3.05) is 25.1 Å². The molecule has 0 radical (unpaired) electrons. The molecule has 0 saturated carbocycles. The molecule has 3 N–H and O–H groups in total. The first kappa shape index (κ1) is 15.4. The van der Waals surface area contributed by atoms with Crippen molar-refractivity contribution in [3.05, 3.63) is 58.9 Å². The van der Waals surface area contributed by atoms with Gasteiger partial charge in [-0.25, -0.2) is 4.98 Å². The Morgan fingerprint density at radius 1 is 1.08 bits per heavy atom. The summed E-state index contributed by atoms with van der Waals surface area (Å²) < 4.78 is 0. The zero-order chi connectivity index (χ0) is 17.4. The number of aliphatic hydroxyl groups is 1. The lowest BCUT2D eigenvalue weighted by Crippen LogP contribution is -2.20. The highest BCUT2D eigenvalue weighted by molar-refractivity contribution is 5.88. The molecule has 2 heterocycles. The van der Waals surface area contributed by atoms with Crippen LogP contribution in [0.4, 0.5) is 5.69 Å². The van der Waals surface area contributed by atoms with Crippen molar-refractivity contribution in [1.82, 2.24) is 15.0 Å². The number of benzene rings is 2. The van der Waals surface area contributed by atoms with Crippen LogP contribution < -0.4 is 10.5 Å². The Labute approximate surface area is 143 Å². The van der Waals surface area contributed by atoms with E-state index in [0.717, 1.165) is 27.6 Å². The molecule has 0 saturated heterocycles. The second-order valence-corrected chi connectivity index (χ2v) is 6.03. The monoisotopic (exact) mass is 334 g/mol. The SMILES string of the molecule is CN(CCO)c1ccc2[nH]c(-c3nc4ccccc4[nH]c3=O)cc2c1. The average Bonchev–Trinajstić information content (AvgIpc) is 3.04. The number of H-pyrrole nitrogens is 2. The van der Waals surface area contributed by atoms with Gasteiger partial charge in [0.25, 0.3) is 5.56 Å². The van der Waals surface area contributed by atoms with Crippen molar-refractivity contribution in [2.24, 2.45) is 0 Å². The maximum atomic E-state index is 12.4. The zero-order valence-corrected chi connectivity index (χ0v) is 13.8. The van der Waals surface area contributed by atoms with Gasteiger partial charge in [-0.1, -0.05) is 12.1 Å². The minimum absolute atomic E-state index is 0.101. The fourth-order valence-electron chi connectivity index (χ4n) is 2.98. The summed E-state index contributed by atoms with van der Waals surface area (Å²) in [4.78, 5) is 25.0. The van der Waals surface area contributed by atoms with E-state index in [1.165, 1.54) is 0 Å². The fraction of sp³-hybridized carbons (Fsp3) is 0.158. The van der Waals surface area contributed by atoms with Gasteiger partial charge in [-0.05, 0) is 36.4 Å². The van der Waals surface area contributed by atoms with Gasteiger partial charge >= 0.3 is 0 Å². The second kappa shape index (κ2) is 6.07. The molecule has 0 atom stereocenters. The van der Waals surface area contributed by atoms with Crippen molar-refractivity contribution in [2.45, 2.75) is 0 Å². The number of aromatic nitrogens is 3. The van der Waals surface area contributed by atoms with Crippen LogP contribution in [-0.4, -0.2) is 40.3 Å². The Hall–Kier alpha value is -3.12. The number of anilines is 1. The molecular formula is C19H18N4O2. The van der Waals surface area contributed by atoms with Gasteiger partial charge in [0.2, 0.25) is 0 Å². The average molecular weight is 334 g/mol. The molecule has 126 valence electrons. The smallest absolute Gasteiger partial charge is 0.276 e. The number of fused-ring (bicyclic) bond motifs is 2. The van der Waals surface area contributed by atoms with E-state index in [1.54, 1.807) is 0 Å². The van der Waals surface area contributed by atoms with Gasteiger partial charge in [0.05, 0.1) is 23.3 Å². The molecule has 4 rings (SSSR count). The molecule has 0 aliphatic rings. The second-order valence-electron chi connectivity index (χ2n) is 6.03. The molecule has 25 heavy (non-hydrogen) atoms. The molecule has 2 aromatic carbocycles. The van der Waals surface area contributed by atoms with E-state index in [4.69, 9.17) is 5.11 Å². The number of hydrogen-bond acceptors (Lipinski definition) is 4. The first-order chi connectivity index (χ1) is 12.2. The van der Waals surface area contributed by atoms with Crippen LogP contribution in [0.1, 0.15) is 0 Å². The summed E-state index contributed by atoms with van der Waals surface area (Å²) in [5.41, 5.74) is 4.25. The Bertz CT molecular complexity index is 1110. The van der Waals surface area contributed by atoms with Gasteiger partial charge in [0, 0.05) is 30.2 Å². The molecule has 0 spiro atoms. The van der Waals surface area contributed by atoms with Crippen LogP contribution in [0, 0.1) is 0 Å². The lowest BCUT2D eigenvalue weighted by Gasteiger charge is -2.17. The van der Waals surface area contributed by atoms with Gasteiger partial charge in [-0.2, -0.15) is 0 Å². The number of aromatic amines is 2. The molecular weight excluding hydrogens is 316 g/mol. The predicted molar refractivity (Wildman–Crippen MR) is 100 cm³/mol. The summed E-state index contributed by atoms with van der Waals surface area (Å²) in [5, 5.41) is 10.1. The normalized spacial score (nSPS) is 11.3. The molecule has 4 aromatic rings. The maximum Gasteiger partial charge on any atom is 0.276 e. The summed E-state index contributed by atoms with van der Waals surface area (Å²) in [6.45, 7) is 0.665. The van der Waals surface area contributed by atoms with Gasteiger partial charge in [-0.15, -0.1) is 0 Å². The Morgan fingerprint density at radius 2 is 1.92 bits per heavy atom. The van der Waals surface area contributed by atoms with Gasteiger partial charge in [-0.3, -0.25) is 4.79 Å². The van der Waals surface area contributed by atoms with Crippen molar-refractivity contribution in [3.8, 4) is 11.4 Å². The number of likely N-dealkylation sites (N-methyl/N-ethyl adjacent to an activating group) is 1. The minimum Gasteiger partial charge on any atom is -0.395 e. The molecule has 0 aliphatic carbocycles. The summed E-state index contributed by atoms with van der Waals surface area (Å²) in [6.07, 6.45) is 0. The number of nitrogens with one attached hydrogen (secondary N) is 2. The first-order valence-corrected chi connectivity index (χ1v) is 8.10. The number of hydrogen-bond donors (Lipinski definition) is 3. The molecule has 2 aromatic heterocycles. The lowest BCUT2D eigenvalue weighted by molar-refractivity contribution is 0.304. The third-order valence-corrected chi connectivity index (χ3v) is 4.34.